The van der Waals surface area contributed by atoms with Crippen molar-refractivity contribution in [3.63, 3.8) is 0 Å². The van der Waals surface area contributed by atoms with Crippen LogP contribution in [0, 0.1) is 13.8 Å². The van der Waals surface area contributed by atoms with Crippen LogP contribution in [0.4, 0.5) is 0 Å². The molecule has 8 heteroatoms. The van der Waals surface area contributed by atoms with Gasteiger partial charge in [-0.3, -0.25) is 9.36 Å². The van der Waals surface area contributed by atoms with Gasteiger partial charge >= 0.3 is 0 Å². The number of aryl methyl sites for hydroxylation is 2. The highest BCUT2D eigenvalue weighted by molar-refractivity contribution is 7.99. The molecule has 0 fully saturated rings. The standard InChI is InChI=1S/C25H26N4O3S/c1-17-9-7-10-18(2)24(17)32-15-22-27-28-25(29(22)20-11-5-4-6-12-20)33-16-23(30)26-19(3)21-13-8-14-31-21/h4-14,19H,15-16H2,1-3H3,(H,26,30)/t19-/m0/s1. The van der Waals surface area contributed by atoms with Gasteiger partial charge in [-0.05, 0) is 56.2 Å². The van der Waals surface area contributed by atoms with Crippen LogP contribution >= 0.6 is 11.8 Å². The van der Waals surface area contributed by atoms with Crippen molar-refractivity contribution in [1.82, 2.24) is 20.1 Å². The molecule has 4 rings (SSSR count). The number of rotatable bonds is 9. The topological polar surface area (TPSA) is 82.2 Å². The second-order valence-corrected chi connectivity index (χ2v) is 8.62. The first-order chi connectivity index (χ1) is 16.0. The maximum Gasteiger partial charge on any atom is 0.231 e. The highest BCUT2D eigenvalue weighted by Gasteiger charge is 2.18. The Labute approximate surface area is 197 Å². The lowest BCUT2D eigenvalue weighted by atomic mass is 10.1. The Balaban J connectivity index is 1.50. The number of carbonyl (C=O) groups excluding carboxylic acids is 1. The Kier molecular flexibility index (Phi) is 7.14. The van der Waals surface area contributed by atoms with Gasteiger partial charge in [0.2, 0.25) is 5.91 Å². The molecule has 0 radical (unpaired) electrons. The van der Waals surface area contributed by atoms with Crippen molar-refractivity contribution in [2.45, 2.75) is 38.6 Å². The molecule has 0 unspecified atom stereocenters. The molecule has 0 aliphatic rings. The number of carbonyl (C=O) groups is 1. The minimum absolute atomic E-state index is 0.111. The second-order valence-electron chi connectivity index (χ2n) is 7.67. The van der Waals surface area contributed by atoms with Gasteiger partial charge in [0, 0.05) is 5.69 Å². The third-order valence-corrected chi connectivity index (χ3v) is 6.08. The largest absolute Gasteiger partial charge is 0.485 e. The second kappa shape index (κ2) is 10.4. The molecule has 2 aromatic carbocycles. The van der Waals surface area contributed by atoms with Crippen molar-refractivity contribution in [1.29, 1.82) is 0 Å². The first-order valence-corrected chi connectivity index (χ1v) is 11.7. The quantitative estimate of drug-likeness (QED) is 0.352. The Morgan fingerprint density at radius 3 is 2.52 bits per heavy atom. The van der Waals surface area contributed by atoms with E-state index in [4.69, 9.17) is 9.15 Å². The Morgan fingerprint density at radius 2 is 1.82 bits per heavy atom. The SMILES string of the molecule is Cc1cccc(C)c1OCc1nnc(SCC(=O)N[C@@H](C)c2ccco2)n1-c1ccccc1. The maximum atomic E-state index is 12.5. The summed E-state index contributed by atoms with van der Waals surface area (Å²) >= 11 is 1.33. The smallest absolute Gasteiger partial charge is 0.231 e. The molecule has 0 saturated heterocycles. The van der Waals surface area contributed by atoms with Gasteiger partial charge in [0.15, 0.2) is 11.0 Å². The van der Waals surface area contributed by atoms with Crippen LogP contribution in [0.2, 0.25) is 0 Å². The molecule has 0 aliphatic heterocycles. The third-order valence-electron chi connectivity index (χ3n) is 5.15. The van der Waals surface area contributed by atoms with Gasteiger partial charge < -0.3 is 14.5 Å². The van der Waals surface area contributed by atoms with Crippen molar-refractivity contribution in [3.8, 4) is 11.4 Å². The molecule has 0 spiro atoms. The number of furan rings is 1. The number of hydrogen-bond donors (Lipinski definition) is 1. The first kappa shape index (κ1) is 22.7. The minimum atomic E-state index is -0.207. The van der Waals surface area contributed by atoms with Gasteiger partial charge in [-0.2, -0.15) is 0 Å². The number of nitrogens with one attached hydrogen (secondary N) is 1. The predicted octanol–water partition coefficient (Wildman–Crippen LogP) is 5.03. The molecule has 0 saturated carbocycles. The zero-order valence-corrected chi connectivity index (χ0v) is 19.6. The van der Waals surface area contributed by atoms with Gasteiger partial charge in [0.05, 0.1) is 18.1 Å². The van der Waals surface area contributed by atoms with Crippen molar-refractivity contribution in [2.75, 3.05) is 5.75 Å². The molecule has 0 bridgehead atoms. The van der Waals surface area contributed by atoms with E-state index < -0.39 is 0 Å². The Hall–Kier alpha value is -3.52. The van der Waals surface area contributed by atoms with E-state index in [1.165, 1.54) is 11.8 Å². The molecule has 4 aromatic rings. The average Bonchev–Trinajstić information content (AvgIpc) is 3.48. The monoisotopic (exact) mass is 462 g/mol. The zero-order chi connectivity index (χ0) is 23.2. The third kappa shape index (κ3) is 5.46. The normalized spacial score (nSPS) is 11.8. The van der Waals surface area contributed by atoms with E-state index in [-0.39, 0.29) is 24.3 Å². The Morgan fingerprint density at radius 1 is 1.06 bits per heavy atom. The number of benzene rings is 2. The molecular formula is C25H26N4O3S. The van der Waals surface area contributed by atoms with E-state index in [0.717, 1.165) is 22.6 Å². The van der Waals surface area contributed by atoms with Gasteiger partial charge in [-0.1, -0.05) is 48.2 Å². The van der Waals surface area contributed by atoms with Crippen LogP contribution in [-0.4, -0.2) is 26.4 Å². The molecule has 1 N–H and O–H groups in total. The highest BCUT2D eigenvalue weighted by atomic mass is 32.2. The van der Waals surface area contributed by atoms with Crippen LogP contribution in [0.3, 0.4) is 0 Å². The summed E-state index contributed by atoms with van der Waals surface area (Å²) in [4.78, 5) is 12.5. The Bertz CT molecular complexity index is 1190. The molecule has 1 atom stereocenters. The van der Waals surface area contributed by atoms with Crippen molar-refractivity contribution in [3.05, 3.63) is 89.6 Å². The van der Waals surface area contributed by atoms with Crippen LogP contribution in [0.15, 0.2) is 76.5 Å². The van der Waals surface area contributed by atoms with Crippen molar-refractivity contribution < 1.29 is 13.9 Å². The van der Waals surface area contributed by atoms with Crippen LogP contribution in [0.25, 0.3) is 5.69 Å². The van der Waals surface area contributed by atoms with Crippen LogP contribution in [0.1, 0.15) is 35.7 Å². The first-order valence-electron chi connectivity index (χ1n) is 10.7. The van der Waals surface area contributed by atoms with E-state index in [1.807, 2.05) is 79.9 Å². The molecular weight excluding hydrogens is 436 g/mol. The summed E-state index contributed by atoms with van der Waals surface area (Å²) in [6, 6.07) is 19.3. The summed E-state index contributed by atoms with van der Waals surface area (Å²) < 4.78 is 13.4. The fraction of sp³-hybridized carbons (Fsp3) is 0.240. The summed E-state index contributed by atoms with van der Waals surface area (Å²) in [5.74, 6) is 2.32. The number of para-hydroxylation sites is 2. The van der Waals surface area contributed by atoms with E-state index in [0.29, 0.717) is 16.7 Å². The summed E-state index contributed by atoms with van der Waals surface area (Å²) in [5, 5.41) is 12.3. The lowest BCUT2D eigenvalue weighted by Crippen LogP contribution is -2.28. The molecule has 7 nitrogen and oxygen atoms in total. The fourth-order valence-corrected chi connectivity index (χ4v) is 4.29. The molecule has 0 aliphatic carbocycles. The number of hydrogen-bond acceptors (Lipinski definition) is 6. The van der Waals surface area contributed by atoms with E-state index in [2.05, 4.69) is 15.5 Å². The van der Waals surface area contributed by atoms with Gasteiger partial charge in [-0.15, -0.1) is 10.2 Å². The molecule has 2 heterocycles. The number of ether oxygens (including phenoxy) is 1. The number of aromatic nitrogens is 3. The molecule has 1 amide bonds. The van der Waals surface area contributed by atoms with Crippen LogP contribution in [-0.2, 0) is 11.4 Å². The van der Waals surface area contributed by atoms with Gasteiger partial charge in [0.25, 0.3) is 0 Å². The lowest BCUT2D eigenvalue weighted by Gasteiger charge is -2.14. The molecule has 170 valence electrons. The summed E-state index contributed by atoms with van der Waals surface area (Å²) in [5.41, 5.74) is 3.05. The fourth-order valence-electron chi connectivity index (χ4n) is 3.51. The molecule has 33 heavy (non-hydrogen) atoms. The summed E-state index contributed by atoms with van der Waals surface area (Å²) in [6.07, 6.45) is 1.59. The number of thioether (sulfide) groups is 1. The minimum Gasteiger partial charge on any atom is -0.485 e. The predicted molar refractivity (Wildman–Crippen MR) is 128 cm³/mol. The van der Waals surface area contributed by atoms with E-state index in [9.17, 15) is 4.79 Å². The van der Waals surface area contributed by atoms with Gasteiger partial charge in [0.1, 0.15) is 18.1 Å². The van der Waals surface area contributed by atoms with E-state index >= 15 is 0 Å². The number of amides is 1. The van der Waals surface area contributed by atoms with Crippen LogP contribution in [0.5, 0.6) is 5.75 Å². The molecule has 2 aromatic heterocycles. The number of nitrogens with zero attached hydrogens (tertiary/aromatic N) is 3. The van der Waals surface area contributed by atoms with E-state index in [1.54, 1.807) is 12.3 Å². The summed E-state index contributed by atoms with van der Waals surface area (Å²) in [7, 11) is 0. The average molecular weight is 463 g/mol. The highest BCUT2D eigenvalue weighted by Crippen LogP contribution is 2.26. The summed E-state index contributed by atoms with van der Waals surface area (Å²) in [6.45, 7) is 6.19. The lowest BCUT2D eigenvalue weighted by molar-refractivity contribution is -0.119. The van der Waals surface area contributed by atoms with Gasteiger partial charge in [-0.25, -0.2) is 0 Å². The van der Waals surface area contributed by atoms with Crippen molar-refractivity contribution in [2.24, 2.45) is 0 Å². The maximum absolute atomic E-state index is 12.5. The van der Waals surface area contributed by atoms with Crippen molar-refractivity contribution >= 4 is 17.7 Å². The zero-order valence-electron chi connectivity index (χ0n) is 18.8. The van der Waals surface area contributed by atoms with Crippen LogP contribution < -0.4 is 10.1 Å².